The summed E-state index contributed by atoms with van der Waals surface area (Å²) < 4.78 is 0. The maximum absolute atomic E-state index is 3.60. The summed E-state index contributed by atoms with van der Waals surface area (Å²) in [6.07, 6.45) is 7.67. The van der Waals surface area contributed by atoms with Crippen LogP contribution in [0.15, 0.2) is 18.3 Å². The lowest BCUT2D eigenvalue weighted by atomic mass is 10.00. The highest BCUT2D eigenvalue weighted by Gasteiger charge is 2.20. The third-order valence-electron chi connectivity index (χ3n) is 3.38. The van der Waals surface area contributed by atoms with Gasteiger partial charge < -0.3 is 10.3 Å². The fourth-order valence-electron chi connectivity index (χ4n) is 2.37. The largest absolute Gasteiger partial charge is 0.364 e. The van der Waals surface area contributed by atoms with Crippen LogP contribution in [-0.4, -0.2) is 11.0 Å². The van der Waals surface area contributed by atoms with E-state index in [9.17, 15) is 0 Å². The molecule has 2 heteroatoms. The van der Waals surface area contributed by atoms with Crippen molar-refractivity contribution < 1.29 is 0 Å². The molecule has 0 radical (unpaired) electrons. The average Bonchev–Trinajstić information content (AvgIpc) is 2.87. The van der Waals surface area contributed by atoms with Crippen LogP contribution < -0.4 is 5.32 Å². The van der Waals surface area contributed by atoms with Crippen LogP contribution in [0, 0.1) is 5.92 Å². The van der Waals surface area contributed by atoms with Crippen LogP contribution in [0.4, 0.5) is 0 Å². The van der Waals surface area contributed by atoms with Crippen molar-refractivity contribution >= 4 is 0 Å². The van der Waals surface area contributed by atoms with Gasteiger partial charge in [-0.25, -0.2) is 0 Å². The van der Waals surface area contributed by atoms with Crippen molar-refractivity contribution in [2.75, 3.05) is 0 Å². The van der Waals surface area contributed by atoms with E-state index in [1.807, 2.05) is 6.20 Å². The first-order valence-corrected chi connectivity index (χ1v) is 5.72. The van der Waals surface area contributed by atoms with Crippen LogP contribution >= 0.6 is 0 Å². The van der Waals surface area contributed by atoms with E-state index in [-0.39, 0.29) is 0 Å². The molecule has 0 amide bonds. The molecule has 0 spiro atoms. The van der Waals surface area contributed by atoms with E-state index in [0.29, 0.717) is 6.04 Å². The molecule has 0 bridgehead atoms. The third-order valence-corrected chi connectivity index (χ3v) is 3.38. The molecule has 78 valence electrons. The lowest BCUT2D eigenvalue weighted by Gasteiger charge is -2.19. The average molecular weight is 192 g/mol. The highest BCUT2D eigenvalue weighted by atomic mass is 14.9. The molecule has 0 aromatic carbocycles. The van der Waals surface area contributed by atoms with E-state index >= 15 is 0 Å². The summed E-state index contributed by atoms with van der Waals surface area (Å²) >= 11 is 0. The van der Waals surface area contributed by atoms with Gasteiger partial charge in [-0.05, 0) is 37.8 Å². The predicted molar refractivity (Wildman–Crippen MR) is 59.1 cm³/mol. The molecule has 1 fully saturated rings. The molecule has 1 aliphatic rings. The SMILES string of the molecule is CC(NCc1ccc[nH]1)C1CCCC1. The van der Waals surface area contributed by atoms with Crippen LogP contribution in [-0.2, 0) is 6.54 Å². The Balaban J connectivity index is 1.74. The van der Waals surface area contributed by atoms with Crippen LogP contribution in [0.5, 0.6) is 0 Å². The molecule has 2 N–H and O–H groups in total. The van der Waals surface area contributed by atoms with E-state index < -0.39 is 0 Å². The number of rotatable bonds is 4. The summed E-state index contributed by atoms with van der Waals surface area (Å²) in [4.78, 5) is 3.22. The van der Waals surface area contributed by atoms with Gasteiger partial charge in [0.25, 0.3) is 0 Å². The number of aromatic amines is 1. The number of H-pyrrole nitrogens is 1. The molecule has 1 saturated carbocycles. The van der Waals surface area contributed by atoms with Crippen molar-refractivity contribution in [3.8, 4) is 0 Å². The quantitative estimate of drug-likeness (QED) is 0.754. The maximum Gasteiger partial charge on any atom is 0.0359 e. The Hall–Kier alpha value is -0.760. The minimum absolute atomic E-state index is 0.667. The molecule has 0 aliphatic heterocycles. The standard InChI is InChI=1S/C12H20N2/c1-10(11-5-2-3-6-11)14-9-12-7-4-8-13-12/h4,7-8,10-11,13-14H,2-3,5-6,9H2,1H3. The van der Waals surface area contributed by atoms with Gasteiger partial charge in [0, 0.05) is 24.5 Å². The summed E-state index contributed by atoms with van der Waals surface area (Å²) in [6.45, 7) is 3.30. The molecular formula is C12H20N2. The smallest absolute Gasteiger partial charge is 0.0359 e. The van der Waals surface area contributed by atoms with Crippen LogP contribution in [0.2, 0.25) is 0 Å². The molecular weight excluding hydrogens is 172 g/mol. The third kappa shape index (κ3) is 2.38. The Bertz CT molecular complexity index is 247. The summed E-state index contributed by atoms with van der Waals surface area (Å²) in [5.41, 5.74) is 1.29. The number of nitrogens with one attached hydrogen (secondary N) is 2. The van der Waals surface area contributed by atoms with E-state index in [0.717, 1.165) is 12.5 Å². The monoisotopic (exact) mass is 192 g/mol. The lowest BCUT2D eigenvalue weighted by molar-refractivity contribution is 0.379. The summed E-state index contributed by atoms with van der Waals surface area (Å²) in [5, 5.41) is 3.60. The van der Waals surface area contributed by atoms with Crippen LogP contribution in [0.25, 0.3) is 0 Å². The lowest BCUT2D eigenvalue weighted by Crippen LogP contribution is -2.31. The molecule has 14 heavy (non-hydrogen) atoms. The van der Waals surface area contributed by atoms with Gasteiger partial charge in [-0.3, -0.25) is 0 Å². The molecule has 1 atom stereocenters. The molecule has 2 nitrogen and oxygen atoms in total. The highest BCUT2D eigenvalue weighted by Crippen LogP contribution is 2.27. The minimum atomic E-state index is 0.667. The van der Waals surface area contributed by atoms with Gasteiger partial charge in [0.2, 0.25) is 0 Å². The zero-order valence-corrected chi connectivity index (χ0v) is 8.92. The van der Waals surface area contributed by atoms with Crippen LogP contribution in [0.1, 0.15) is 38.3 Å². The van der Waals surface area contributed by atoms with E-state index in [1.165, 1.54) is 31.4 Å². The molecule has 1 aliphatic carbocycles. The first kappa shape index (κ1) is 9.78. The van der Waals surface area contributed by atoms with Crippen LogP contribution in [0.3, 0.4) is 0 Å². The second-order valence-electron chi connectivity index (χ2n) is 4.41. The Morgan fingerprint density at radius 1 is 1.50 bits per heavy atom. The Kier molecular flexibility index (Phi) is 3.25. The van der Waals surface area contributed by atoms with Crippen molar-refractivity contribution in [1.29, 1.82) is 0 Å². The number of hydrogen-bond donors (Lipinski definition) is 2. The van der Waals surface area contributed by atoms with Gasteiger partial charge in [-0.2, -0.15) is 0 Å². The fourth-order valence-corrected chi connectivity index (χ4v) is 2.37. The number of hydrogen-bond acceptors (Lipinski definition) is 1. The fraction of sp³-hybridized carbons (Fsp3) is 0.667. The van der Waals surface area contributed by atoms with Crippen molar-refractivity contribution in [2.24, 2.45) is 5.92 Å². The zero-order valence-electron chi connectivity index (χ0n) is 8.92. The van der Waals surface area contributed by atoms with E-state index in [2.05, 4.69) is 29.4 Å². The second kappa shape index (κ2) is 4.65. The molecule has 1 heterocycles. The zero-order chi connectivity index (χ0) is 9.80. The molecule has 1 unspecified atom stereocenters. The van der Waals surface area contributed by atoms with Gasteiger partial charge in [-0.15, -0.1) is 0 Å². The summed E-state index contributed by atoms with van der Waals surface area (Å²) in [6, 6.07) is 4.85. The predicted octanol–water partition coefficient (Wildman–Crippen LogP) is 2.68. The number of aromatic nitrogens is 1. The Morgan fingerprint density at radius 2 is 2.29 bits per heavy atom. The molecule has 1 aromatic rings. The molecule has 1 aromatic heterocycles. The van der Waals surface area contributed by atoms with Gasteiger partial charge in [0.1, 0.15) is 0 Å². The van der Waals surface area contributed by atoms with Crippen molar-refractivity contribution in [3.05, 3.63) is 24.0 Å². The van der Waals surface area contributed by atoms with Gasteiger partial charge in [0.15, 0.2) is 0 Å². The molecule has 0 saturated heterocycles. The van der Waals surface area contributed by atoms with Gasteiger partial charge >= 0.3 is 0 Å². The summed E-state index contributed by atoms with van der Waals surface area (Å²) in [7, 11) is 0. The van der Waals surface area contributed by atoms with Gasteiger partial charge in [-0.1, -0.05) is 12.8 Å². The van der Waals surface area contributed by atoms with E-state index in [1.54, 1.807) is 0 Å². The maximum atomic E-state index is 3.60. The second-order valence-corrected chi connectivity index (χ2v) is 4.41. The Morgan fingerprint density at radius 3 is 2.93 bits per heavy atom. The van der Waals surface area contributed by atoms with Crippen molar-refractivity contribution in [1.82, 2.24) is 10.3 Å². The Labute approximate surface area is 86.1 Å². The highest BCUT2D eigenvalue weighted by molar-refractivity contribution is 5.03. The molecule has 2 rings (SSSR count). The first-order valence-electron chi connectivity index (χ1n) is 5.72. The van der Waals surface area contributed by atoms with Crippen molar-refractivity contribution in [2.45, 2.75) is 45.2 Å². The minimum Gasteiger partial charge on any atom is -0.364 e. The summed E-state index contributed by atoms with van der Waals surface area (Å²) in [5.74, 6) is 0.907. The normalized spacial score (nSPS) is 20.1. The van der Waals surface area contributed by atoms with Crippen molar-refractivity contribution in [3.63, 3.8) is 0 Å². The van der Waals surface area contributed by atoms with E-state index in [4.69, 9.17) is 0 Å². The topological polar surface area (TPSA) is 27.8 Å². The van der Waals surface area contributed by atoms with Gasteiger partial charge in [0.05, 0.1) is 0 Å². The first-order chi connectivity index (χ1) is 6.86.